The van der Waals surface area contributed by atoms with Gasteiger partial charge in [-0.15, -0.1) is 0 Å². The third kappa shape index (κ3) is 5.26. The fourth-order valence-corrected chi connectivity index (χ4v) is 5.99. The molecule has 2 aromatic carbocycles. The minimum atomic E-state index is -3.63. The molecule has 0 radical (unpaired) electrons. The zero-order valence-electron chi connectivity index (χ0n) is 19.6. The second-order valence-electron chi connectivity index (χ2n) is 8.99. The lowest BCUT2D eigenvalue weighted by molar-refractivity contribution is -0.116. The van der Waals surface area contributed by atoms with E-state index in [0.717, 1.165) is 41.5 Å². The number of sulfonamides is 1. The van der Waals surface area contributed by atoms with Crippen molar-refractivity contribution in [1.82, 2.24) is 10.2 Å². The monoisotopic (exact) mass is 485 g/mol. The molecule has 2 amide bonds. The van der Waals surface area contributed by atoms with Crippen LogP contribution in [0.15, 0.2) is 48.5 Å². The van der Waals surface area contributed by atoms with Crippen LogP contribution in [0.25, 0.3) is 0 Å². The predicted molar refractivity (Wildman–Crippen MR) is 130 cm³/mol. The van der Waals surface area contributed by atoms with Crippen LogP contribution in [0, 0.1) is 5.92 Å². The van der Waals surface area contributed by atoms with E-state index in [1.165, 1.54) is 12.1 Å². The van der Waals surface area contributed by atoms with E-state index in [9.17, 15) is 18.0 Å². The number of carbonyl (C=O) groups is 2. The van der Waals surface area contributed by atoms with Gasteiger partial charge in [0.15, 0.2) is 0 Å². The molecular weight excluding hydrogens is 454 g/mol. The Kier molecular flexibility index (Phi) is 7.23. The molecule has 2 aromatic rings. The van der Waals surface area contributed by atoms with Crippen LogP contribution in [0.3, 0.4) is 0 Å². The van der Waals surface area contributed by atoms with Gasteiger partial charge in [0.1, 0.15) is 5.75 Å². The molecule has 182 valence electrons. The van der Waals surface area contributed by atoms with E-state index in [2.05, 4.69) is 17.1 Å². The van der Waals surface area contributed by atoms with Crippen molar-refractivity contribution < 1.29 is 22.7 Å². The van der Waals surface area contributed by atoms with Crippen LogP contribution < -0.4 is 14.4 Å². The highest BCUT2D eigenvalue weighted by Crippen LogP contribution is 2.28. The predicted octanol–water partition coefficient (Wildman–Crippen LogP) is 2.96. The molecule has 2 aliphatic heterocycles. The molecule has 0 spiro atoms. The average Bonchev–Trinajstić information content (AvgIpc) is 3.12. The van der Waals surface area contributed by atoms with Gasteiger partial charge in [-0.05, 0) is 73.8 Å². The molecule has 0 aliphatic carbocycles. The summed E-state index contributed by atoms with van der Waals surface area (Å²) in [6.07, 6.45) is 2.23. The van der Waals surface area contributed by atoms with E-state index >= 15 is 0 Å². The molecule has 34 heavy (non-hydrogen) atoms. The minimum absolute atomic E-state index is 0.0212. The maximum atomic E-state index is 12.9. The Morgan fingerprint density at radius 1 is 1.09 bits per heavy atom. The van der Waals surface area contributed by atoms with E-state index in [1.54, 1.807) is 19.2 Å². The second-order valence-corrected chi connectivity index (χ2v) is 10.9. The maximum Gasteiger partial charge on any atom is 0.251 e. The van der Waals surface area contributed by atoms with Crippen molar-refractivity contribution in [2.45, 2.75) is 32.2 Å². The number of nitrogens with one attached hydrogen (secondary N) is 1. The molecule has 2 fully saturated rings. The third-order valence-corrected chi connectivity index (χ3v) is 8.35. The molecule has 1 N–H and O–H groups in total. The summed E-state index contributed by atoms with van der Waals surface area (Å²) in [5, 5.41) is 3.04. The molecule has 0 aromatic heterocycles. The molecular formula is C25H31N3O5S. The van der Waals surface area contributed by atoms with Crippen molar-refractivity contribution in [1.29, 1.82) is 0 Å². The molecule has 0 saturated carbocycles. The van der Waals surface area contributed by atoms with Crippen LogP contribution in [-0.2, 0) is 14.8 Å². The SMILES string of the molecule is COc1ccc(C(CNC(=O)c2ccc(N3C(=O)CCS3(=O)=O)cc2)N2CCC(C)CC2)cc1. The Labute approximate surface area is 200 Å². The maximum absolute atomic E-state index is 12.9. The number of hydrogen-bond donors (Lipinski definition) is 1. The topological polar surface area (TPSA) is 96.0 Å². The summed E-state index contributed by atoms with van der Waals surface area (Å²) in [4.78, 5) is 27.3. The number of hydrogen-bond acceptors (Lipinski definition) is 6. The van der Waals surface area contributed by atoms with E-state index < -0.39 is 15.9 Å². The zero-order valence-corrected chi connectivity index (χ0v) is 20.4. The van der Waals surface area contributed by atoms with E-state index in [0.29, 0.717) is 18.0 Å². The summed E-state index contributed by atoms with van der Waals surface area (Å²) in [6.45, 7) is 4.66. The fraction of sp³-hybridized carbons (Fsp3) is 0.440. The van der Waals surface area contributed by atoms with Crippen LogP contribution in [0.1, 0.15) is 48.1 Å². The van der Waals surface area contributed by atoms with Gasteiger partial charge in [0.05, 0.1) is 24.6 Å². The lowest BCUT2D eigenvalue weighted by Crippen LogP contribution is -2.42. The first-order valence-corrected chi connectivity index (χ1v) is 13.2. The summed E-state index contributed by atoms with van der Waals surface area (Å²) < 4.78 is 30.4. The Morgan fingerprint density at radius 2 is 1.74 bits per heavy atom. The van der Waals surface area contributed by atoms with Crippen molar-refractivity contribution in [3.8, 4) is 5.75 Å². The van der Waals surface area contributed by atoms with Gasteiger partial charge in [0.25, 0.3) is 5.91 Å². The largest absolute Gasteiger partial charge is 0.497 e. The molecule has 2 heterocycles. The summed E-state index contributed by atoms with van der Waals surface area (Å²) >= 11 is 0. The normalized spacial score (nSPS) is 19.7. The lowest BCUT2D eigenvalue weighted by Gasteiger charge is -2.37. The number of benzene rings is 2. The lowest BCUT2D eigenvalue weighted by atomic mass is 9.95. The van der Waals surface area contributed by atoms with Crippen molar-refractivity contribution in [3.63, 3.8) is 0 Å². The van der Waals surface area contributed by atoms with Crippen LogP contribution in [0.2, 0.25) is 0 Å². The first-order valence-electron chi connectivity index (χ1n) is 11.6. The highest BCUT2D eigenvalue weighted by Gasteiger charge is 2.36. The van der Waals surface area contributed by atoms with E-state index in [-0.39, 0.29) is 29.8 Å². The van der Waals surface area contributed by atoms with Crippen molar-refractivity contribution >= 4 is 27.5 Å². The quantitative estimate of drug-likeness (QED) is 0.648. The first kappa shape index (κ1) is 24.2. The van der Waals surface area contributed by atoms with Gasteiger partial charge in [-0.3, -0.25) is 14.5 Å². The van der Waals surface area contributed by atoms with E-state index in [1.807, 2.05) is 24.3 Å². The Hall–Kier alpha value is -2.91. The molecule has 1 atom stereocenters. The first-order chi connectivity index (χ1) is 16.3. The Balaban J connectivity index is 1.46. The van der Waals surface area contributed by atoms with Gasteiger partial charge in [-0.1, -0.05) is 19.1 Å². The zero-order chi connectivity index (χ0) is 24.3. The third-order valence-electron chi connectivity index (χ3n) is 6.66. The summed E-state index contributed by atoms with van der Waals surface area (Å²) in [7, 11) is -1.99. The number of anilines is 1. The van der Waals surface area contributed by atoms with Gasteiger partial charge in [0.2, 0.25) is 15.9 Å². The van der Waals surface area contributed by atoms with Crippen molar-refractivity contribution in [2.24, 2.45) is 5.92 Å². The highest BCUT2D eigenvalue weighted by molar-refractivity contribution is 7.94. The van der Waals surface area contributed by atoms with Crippen LogP contribution in [-0.4, -0.2) is 57.6 Å². The second kappa shape index (κ2) is 10.1. The van der Waals surface area contributed by atoms with Gasteiger partial charge in [-0.25, -0.2) is 12.7 Å². The molecule has 0 bridgehead atoms. The fourth-order valence-electron chi connectivity index (χ4n) is 4.53. The van der Waals surface area contributed by atoms with Crippen molar-refractivity contribution in [3.05, 3.63) is 59.7 Å². The number of amides is 2. The molecule has 1 unspecified atom stereocenters. The molecule has 4 rings (SSSR count). The number of methoxy groups -OCH3 is 1. The molecule has 2 saturated heterocycles. The molecule has 9 heteroatoms. The Morgan fingerprint density at radius 3 is 2.29 bits per heavy atom. The van der Waals surface area contributed by atoms with Crippen LogP contribution >= 0.6 is 0 Å². The molecule has 2 aliphatic rings. The number of likely N-dealkylation sites (tertiary alicyclic amines) is 1. The Bertz CT molecular complexity index is 1120. The summed E-state index contributed by atoms with van der Waals surface area (Å²) in [5.41, 5.74) is 1.79. The number of ether oxygens (including phenoxy) is 1. The number of carbonyl (C=O) groups excluding carboxylic acids is 2. The number of rotatable bonds is 7. The summed E-state index contributed by atoms with van der Waals surface area (Å²) in [5.74, 6) is 0.613. The van der Waals surface area contributed by atoms with Crippen LogP contribution in [0.4, 0.5) is 5.69 Å². The minimum Gasteiger partial charge on any atom is -0.497 e. The van der Waals surface area contributed by atoms with Crippen LogP contribution in [0.5, 0.6) is 5.75 Å². The smallest absolute Gasteiger partial charge is 0.251 e. The van der Waals surface area contributed by atoms with Gasteiger partial charge in [0, 0.05) is 18.5 Å². The molecule has 8 nitrogen and oxygen atoms in total. The van der Waals surface area contributed by atoms with Gasteiger partial charge in [-0.2, -0.15) is 0 Å². The number of piperidine rings is 1. The van der Waals surface area contributed by atoms with Crippen molar-refractivity contribution in [2.75, 3.05) is 36.8 Å². The summed E-state index contributed by atoms with van der Waals surface area (Å²) in [6, 6.07) is 14.1. The number of nitrogens with zero attached hydrogens (tertiary/aromatic N) is 2. The van der Waals surface area contributed by atoms with Gasteiger partial charge < -0.3 is 10.1 Å². The average molecular weight is 486 g/mol. The highest BCUT2D eigenvalue weighted by atomic mass is 32.2. The van der Waals surface area contributed by atoms with E-state index in [4.69, 9.17) is 4.74 Å². The van der Waals surface area contributed by atoms with Gasteiger partial charge >= 0.3 is 0 Å². The standard InChI is InChI=1S/C25H31N3O5S/c1-18-11-14-27(15-12-18)23(19-5-9-22(33-2)10-6-19)17-26-25(30)20-3-7-21(8-4-20)28-24(29)13-16-34(28,31)32/h3-10,18,23H,11-17H2,1-2H3,(H,26,30).